The normalized spacial score (nSPS) is 10.8. The van der Waals surface area contributed by atoms with Crippen LogP contribution in [0.4, 0.5) is 0 Å². The number of hydrogen-bond acceptors (Lipinski definition) is 1. The zero-order valence-electron chi connectivity index (χ0n) is 3.55. The second-order valence-electron chi connectivity index (χ2n) is 0.631. The van der Waals surface area contributed by atoms with E-state index >= 15 is 0 Å². The SMILES string of the molecule is [B]B=S(#B)OC. The van der Waals surface area contributed by atoms with Crippen LogP contribution in [0.2, 0.25) is 0 Å². The van der Waals surface area contributed by atoms with Crippen molar-refractivity contribution in [2.75, 3.05) is 7.11 Å². The molecule has 0 saturated carbocycles. The van der Waals surface area contributed by atoms with Crippen LogP contribution in [0.25, 0.3) is 0 Å². The van der Waals surface area contributed by atoms with Gasteiger partial charge in [-0.2, -0.15) is 0 Å². The van der Waals surface area contributed by atoms with Gasteiger partial charge in [0.1, 0.15) is 0 Å². The average molecular weight is 95.5 g/mol. The molecule has 0 heterocycles. The van der Waals surface area contributed by atoms with Crippen molar-refractivity contribution in [1.29, 1.82) is 0 Å². The van der Waals surface area contributed by atoms with Crippen molar-refractivity contribution >= 4 is 30.2 Å². The summed E-state index contributed by atoms with van der Waals surface area (Å²) in [5.74, 6) is 0. The van der Waals surface area contributed by atoms with E-state index in [9.17, 15) is 0 Å². The van der Waals surface area contributed by atoms with Crippen molar-refractivity contribution in [2.45, 2.75) is 0 Å². The first-order chi connectivity index (χ1) is 2.81. The van der Waals surface area contributed by atoms with Gasteiger partial charge in [0.05, 0.1) is 0 Å². The minimum atomic E-state index is -0.631. The van der Waals surface area contributed by atoms with Crippen molar-refractivity contribution in [1.82, 2.24) is 0 Å². The van der Waals surface area contributed by atoms with Gasteiger partial charge in [0.2, 0.25) is 0 Å². The van der Waals surface area contributed by atoms with Crippen LogP contribution in [0, 0.1) is 0 Å². The molecule has 0 saturated heterocycles. The van der Waals surface area contributed by atoms with Gasteiger partial charge >= 0.3 is 41.4 Å². The zero-order valence-corrected chi connectivity index (χ0v) is 4.37. The molecule has 28 valence electrons. The number of rotatable bonds is 0. The van der Waals surface area contributed by atoms with Gasteiger partial charge in [0.25, 0.3) is 0 Å². The van der Waals surface area contributed by atoms with Gasteiger partial charge in [-0.1, -0.05) is 0 Å². The van der Waals surface area contributed by atoms with Crippen molar-refractivity contribution in [3.05, 3.63) is 0 Å². The van der Waals surface area contributed by atoms with E-state index in [1.54, 1.807) is 0 Å². The van der Waals surface area contributed by atoms with Crippen LogP contribution in [0.3, 0.4) is 0 Å². The fraction of sp³-hybridized carbons (Fsp3) is 1.00. The van der Waals surface area contributed by atoms with E-state index in [1.807, 2.05) is 0 Å². The molecule has 0 fully saturated rings. The van der Waals surface area contributed by atoms with Crippen molar-refractivity contribution in [3.8, 4) is 0 Å². The van der Waals surface area contributed by atoms with Crippen molar-refractivity contribution in [3.63, 3.8) is 0 Å². The molecular formula is CH3B3OS. The Hall–Kier alpha value is 0.375. The van der Waals surface area contributed by atoms with Crippen LogP contribution in [-0.2, 0) is 4.18 Å². The quantitative estimate of drug-likeness (QED) is 0.372. The molecule has 0 atom stereocenters. The average Bonchev–Trinajstić information content (AvgIpc) is 1.65. The van der Waals surface area contributed by atoms with Crippen LogP contribution in [-0.4, -0.2) is 27.4 Å². The van der Waals surface area contributed by atoms with Crippen LogP contribution in [0.1, 0.15) is 0 Å². The summed E-state index contributed by atoms with van der Waals surface area (Å²) >= 11 is 0. The Labute approximate surface area is 42.2 Å². The number of hydrogen-bond donors (Lipinski definition) is 0. The van der Waals surface area contributed by atoms with E-state index in [-0.39, 0.29) is 0 Å². The molecule has 2 radical (unpaired) electrons. The summed E-state index contributed by atoms with van der Waals surface area (Å²) in [4.78, 5) is 0. The third-order valence-corrected chi connectivity index (χ3v) is 0.980. The maximum absolute atomic E-state index is 5.10. The summed E-state index contributed by atoms with van der Waals surface area (Å²) < 4.78 is 4.52. The Kier molecular flexibility index (Phi) is 3.78. The molecule has 0 amide bonds. The summed E-state index contributed by atoms with van der Waals surface area (Å²) in [6.45, 7) is 5.10. The Morgan fingerprint density at radius 2 is 2.33 bits per heavy atom. The van der Waals surface area contributed by atoms with Gasteiger partial charge in [-0.25, -0.2) is 0 Å². The van der Waals surface area contributed by atoms with Crippen LogP contribution < -0.4 is 0 Å². The molecule has 0 rings (SSSR count). The Morgan fingerprint density at radius 1 is 1.83 bits per heavy atom. The summed E-state index contributed by atoms with van der Waals surface area (Å²) in [6.07, 6.45) is 0. The van der Waals surface area contributed by atoms with E-state index in [1.165, 1.54) is 13.2 Å². The zero-order chi connectivity index (χ0) is 4.99. The molecule has 0 aliphatic carbocycles. The summed E-state index contributed by atoms with van der Waals surface area (Å²) in [5, 5.41) is 0. The molecule has 6 heavy (non-hydrogen) atoms. The molecule has 5 heteroatoms. The van der Waals surface area contributed by atoms with Gasteiger partial charge in [0.15, 0.2) is 0 Å². The fourth-order valence-electron chi connectivity index (χ4n) is 0.0556. The van der Waals surface area contributed by atoms with E-state index in [0.29, 0.717) is 0 Å². The van der Waals surface area contributed by atoms with E-state index in [4.69, 9.17) is 14.3 Å². The van der Waals surface area contributed by atoms with E-state index < -0.39 is 9.84 Å². The van der Waals surface area contributed by atoms with Crippen molar-refractivity contribution in [2.24, 2.45) is 0 Å². The third-order valence-electron chi connectivity index (χ3n) is 0.327. The molecule has 0 bridgehead atoms. The van der Waals surface area contributed by atoms with Gasteiger partial charge in [0, 0.05) is 0 Å². The predicted molar refractivity (Wildman–Crippen MR) is 31.9 cm³/mol. The Morgan fingerprint density at radius 3 is 2.33 bits per heavy atom. The van der Waals surface area contributed by atoms with Crippen LogP contribution >= 0.6 is 9.84 Å². The third kappa shape index (κ3) is 2.60. The van der Waals surface area contributed by atoms with Crippen LogP contribution in [0.5, 0.6) is 0 Å². The predicted octanol–water partition coefficient (Wildman–Crippen LogP) is -0.397. The van der Waals surface area contributed by atoms with Crippen molar-refractivity contribution < 1.29 is 4.18 Å². The molecule has 0 spiro atoms. The molecule has 0 aromatic rings. The molecule has 0 aromatic heterocycles. The van der Waals surface area contributed by atoms with E-state index in [0.717, 1.165) is 0 Å². The van der Waals surface area contributed by atoms with Gasteiger partial charge in [-0.3, -0.25) is 0 Å². The molecule has 0 N–H and O–H groups in total. The standard InChI is InChI=1S/CH3B3OS/c1-5-6(3)4-2/h1H3. The summed E-state index contributed by atoms with van der Waals surface area (Å²) in [7, 11) is 5.80. The Bertz CT molecular complexity index is 132. The second kappa shape index (κ2) is 3.56. The van der Waals surface area contributed by atoms with Gasteiger partial charge < -0.3 is 0 Å². The topological polar surface area (TPSA) is 9.23 Å². The first-order valence-electron chi connectivity index (χ1n) is 1.38. The fourth-order valence-corrected chi connectivity index (χ4v) is 0.167. The monoisotopic (exact) mass is 96.0 g/mol. The summed E-state index contributed by atoms with van der Waals surface area (Å²) in [6, 6.07) is 1.31. The molecule has 0 aliphatic rings. The van der Waals surface area contributed by atoms with Crippen LogP contribution in [0.15, 0.2) is 0 Å². The minimum absolute atomic E-state index is 0.631. The van der Waals surface area contributed by atoms with Gasteiger partial charge in [-0.05, 0) is 0 Å². The second-order valence-corrected chi connectivity index (χ2v) is 1.89. The van der Waals surface area contributed by atoms with E-state index in [2.05, 4.69) is 4.18 Å². The molecule has 0 aliphatic heterocycles. The first kappa shape index (κ1) is 6.37. The Balaban J connectivity index is 3.66. The molecule has 0 unspecified atom stereocenters. The molecular weight excluding hydrogens is 92.5 g/mol. The summed E-state index contributed by atoms with van der Waals surface area (Å²) in [5.41, 5.74) is 0. The maximum atomic E-state index is 5.10. The van der Waals surface area contributed by atoms with Gasteiger partial charge in [-0.15, -0.1) is 0 Å². The molecule has 1 nitrogen and oxygen atoms in total. The first-order valence-corrected chi connectivity index (χ1v) is 2.66. The molecule has 0 aromatic carbocycles.